The molecule has 3 heterocycles. The highest BCUT2D eigenvalue weighted by atomic mass is 16.2. The first-order valence-electron chi connectivity index (χ1n) is 8.48. The largest absolute Gasteiger partial charge is 0.327 e. The van der Waals surface area contributed by atoms with Crippen molar-refractivity contribution < 1.29 is 4.79 Å². The molecule has 7 nitrogen and oxygen atoms in total. The maximum atomic E-state index is 13.0. The summed E-state index contributed by atoms with van der Waals surface area (Å²) in [4.78, 5) is 28.1. The van der Waals surface area contributed by atoms with E-state index in [9.17, 15) is 4.79 Å². The van der Waals surface area contributed by atoms with E-state index in [1.807, 2.05) is 24.8 Å². The molecule has 1 saturated heterocycles. The lowest BCUT2D eigenvalue weighted by molar-refractivity contribution is 0.0723. The number of rotatable bonds is 4. The minimum Gasteiger partial charge on any atom is -0.327 e. The molecule has 24 heavy (non-hydrogen) atoms. The van der Waals surface area contributed by atoms with Crippen LogP contribution in [0, 0.1) is 19.8 Å². The maximum absolute atomic E-state index is 13.0. The maximum Gasteiger partial charge on any atom is 0.273 e. The van der Waals surface area contributed by atoms with Gasteiger partial charge in [-0.1, -0.05) is 13.8 Å². The molecule has 0 saturated carbocycles. The van der Waals surface area contributed by atoms with Gasteiger partial charge in [-0.2, -0.15) is 5.10 Å². The van der Waals surface area contributed by atoms with E-state index in [0.717, 1.165) is 30.8 Å². The van der Waals surface area contributed by atoms with E-state index >= 15 is 0 Å². The number of H-pyrrole nitrogens is 1. The van der Waals surface area contributed by atoms with Crippen molar-refractivity contribution in [2.75, 3.05) is 6.54 Å². The standard InChI is InChI=1S/C17H24N6O/c1-10(2)8-13-9-14(19-11(3)18-13)17(24)23-7-5-6-15(23)16-20-12(4)21-22-16/h9-10,15H,5-8H2,1-4H3,(H,20,21,22)/t15-/m1/s1. The van der Waals surface area contributed by atoms with Crippen molar-refractivity contribution in [2.24, 2.45) is 5.92 Å². The van der Waals surface area contributed by atoms with Gasteiger partial charge in [-0.05, 0) is 45.1 Å². The van der Waals surface area contributed by atoms with E-state index in [0.29, 0.717) is 29.8 Å². The van der Waals surface area contributed by atoms with Crippen molar-refractivity contribution in [3.05, 3.63) is 34.9 Å². The number of hydrogen-bond acceptors (Lipinski definition) is 5. The molecule has 1 amide bonds. The van der Waals surface area contributed by atoms with Gasteiger partial charge in [-0.15, -0.1) is 0 Å². The molecule has 1 aliphatic heterocycles. The third-order valence-electron chi connectivity index (χ3n) is 4.15. The number of aromatic amines is 1. The van der Waals surface area contributed by atoms with Gasteiger partial charge < -0.3 is 4.90 Å². The molecule has 1 fully saturated rings. The van der Waals surface area contributed by atoms with Crippen LogP contribution in [0.25, 0.3) is 0 Å². The molecule has 3 rings (SSSR count). The molecule has 0 spiro atoms. The van der Waals surface area contributed by atoms with Crippen molar-refractivity contribution in [2.45, 2.75) is 53.0 Å². The average Bonchev–Trinajstić information content (AvgIpc) is 3.13. The molecule has 0 radical (unpaired) electrons. The van der Waals surface area contributed by atoms with Gasteiger partial charge in [-0.25, -0.2) is 15.0 Å². The number of aromatic nitrogens is 5. The first kappa shape index (κ1) is 16.5. The SMILES string of the molecule is Cc1nc(CC(C)C)cc(C(=O)N2CCC[C@@H]2c2n[nH]c(C)n2)n1. The minimum atomic E-state index is -0.0775. The zero-order valence-corrected chi connectivity index (χ0v) is 14.7. The smallest absolute Gasteiger partial charge is 0.273 e. The molecule has 1 aliphatic rings. The summed E-state index contributed by atoms with van der Waals surface area (Å²) in [6.45, 7) is 8.69. The Hall–Kier alpha value is -2.31. The van der Waals surface area contributed by atoms with Crippen LogP contribution in [0.2, 0.25) is 0 Å². The van der Waals surface area contributed by atoms with Gasteiger partial charge in [0, 0.05) is 12.2 Å². The van der Waals surface area contributed by atoms with E-state index in [1.54, 1.807) is 0 Å². The van der Waals surface area contributed by atoms with Crippen LogP contribution in [-0.4, -0.2) is 42.5 Å². The minimum absolute atomic E-state index is 0.0598. The number of nitrogens with one attached hydrogen (secondary N) is 1. The van der Waals surface area contributed by atoms with Crippen molar-refractivity contribution in [3.8, 4) is 0 Å². The summed E-state index contributed by atoms with van der Waals surface area (Å²) in [5, 5.41) is 7.10. The van der Waals surface area contributed by atoms with Crippen LogP contribution in [0.4, 0.5) is 0 Å². The molecule has 0 aromatic carbocycles. The Labute approximate surface area is 141 Å². The molecule has 2 aromatic rings. The average molecular weight is 328 g/mol. The van der Waals surface area contributed by atoms with Crippen molar-refractivity contribution >= 4 is 5.91 Å². The fourth-order valence-electron chi connectivity index (χ4n) is 3.20. The van der Waals surface area contributed by atoms with E-state index in [1.165, 1.54) is 0 Å². The molecule has 128 valence electrons. The summed E-state index contributed by atoms with van der Waals surface area (Å²) >= 11 is 0. The summed E-state index contributed by atoms with van der Waals surface area (Å²) in [6, 6.07) is 1.75. The number of nitrogens with zero attached hydrogens (tertiary/aromatic N) is 5. The van der Waals surface area contributed by atoms with Gasteiger partial charge >= 0.3 is 0 Å². The molecular weight excluding hydrogens is 304 g/mol. The molecule has 0 bridgehead atoms. The van der Waals surface area contributed by atoms with Crippen LogP contribution in [0.5, 0.6) is 0 Å². The lowest BCUT2D eigenvalue weighted by atomic mass is 10.1. The van der Waals surface area contributed by atoms with E-state index in [2.05, 4.69) is 39.0 Å². The Morgan fingerprint density at radius 1 is 1.33 bits per heavy atom. The van der Waals surface area contributed by atoms with Gasteiger partial charge in [0.1, 0.15) is 17.3 Å². The van der Waals surface area contributed by atoms with Gasteiger partial charge in [0.05, 0.1) is 6.04 Å². The van der Waals surface area contributed by atoms with Gasteiger partial charge in [0.15, 0.2) is 5.82 Å². The van der Waals surface area contributed by atoms with Crippen LogP contribution in [0.15, 0.2) is 6.07 Å². The van der Waals surface area contributed by atoms with Crippen LogP contribution in [-0.2, 0) is 6.42 Å². The van der Waals surface area contributed by atoms with Gasteiger partial charge in [0.25, 0.3) is 5.91 Å². The second-order valence-corrected chi connectivity index (χ2v) is 6.83. The Morgan fingerprint density at radius 3 is 2.79 bits per heavy atom. The first-order valence-corrected chi connectivity index (χ1v) is 8.48. The van der Waals surface area contributed by atoms with Crippen LogP contribution in [0.3, 0.4) is 0 Å². The predicted octanol–water partition coefficient (Wildman–Crippen LogP) is 2.39. The third-order valence-corrected chi connectivity index (χ3v) is 4.15. The number of carbonyl (C=O) groups excluding carboxylic acids is 1. The highest BCUT2D eigenvalue weighted by Gasteiger charge is 2.34. The zero-order chi connectivity index (χ0) is 17.3. The molecule has 7 heteroatoms. The zero-order valence-electron chi connectivity index (χ0n) is 14.7. The normalized spacial score (nSPS) is 17.7. The highest BCUT2D eigenvalue weighted by Crippen LogP contribution is 2.31. The summed E-state index contributed by atoms with van der Waals surface area (Å²) in [5.41, 5.74) is 1.39. The predicted molar refractivity (Wildman–Crippen MR) is 89.4 cm³/mol. The Bertz CT molecular complexity index is 738. The Morgan fingerprint density at radius 2 is 2.12 bits per heavy atom. The number of likely N-dealkylation sites (tertiary alicyclic amines) is 1. The summed E-state index contributed by atoms with van der Waals surface area (Å²) in [5.74, 6) is 2.52. The van der Waals surface area contributed by atoms with Crippen LogP contribution >= 0.6 is 0 Å². The highest BCUT2D eigenvalue weighted by molar-refractivity contribution is 5.92. The lowest BCUT2D eigenvalue weighted by Crippen LogP contribution is -2.32. The first-order chi connectivity index (χ1) is 11.4. The van der Waals surface area contributed by atoms with Gasteiger partial charge in [0.2, 0.25) is 0 Å². The number of amides is 1. The van der Waals surface area contributed by atoms with E-state index in [-0.39, 0.29) is 11.9 Å². The molecule has 0 aliphatic carbocycles. The molecule has 1 N–H and O–H groups in total. The quantitative estimate of drug-likeness (QED) is 0.931. The molecule has 2 aromatic heterocycles. The van der Waals surface area contributed by atoms with Crippen molar-refractivity contribution in [1.29, 1.82) is 0 Å². The third kappa shape index (κ3) is 3.44. The monoisotopic (exact) mass is 328 g/mol. The number of carbonyl (C=O) groups is 1. The molecular formula is C17H24N6O. The summed E-state index contributed by atoms with van der Waals surface area (Å²) < 4.78 is 0. The number of hydrogen-bond donors (Lipinski definition) is 1. The van der Waals surface area contributed by atoms with E-state index in [4.69, 9.17) is 0 Å². The summed E-state index contributed by atoms with van der Waals surface area (Å²) in [6.07, 6.45) is 2.67. The topological polar surface area (TPSA) is 87.7 Å². The second-order valence-electron chi connectivity index (χ2n) is 6.83. The summed E-state index contributed by atoms with van der Waals surface area (Å²) in [7, 11) is 0. The Kier molecular flexibility index (Phi) is 4.59. The Balaban J connectivity index is 1.86. The number of aryl methyl sites for hydroxylation is 2. The van der Waals surface area contributed by atoms with E-state index < -0.39 is 0 Å². The van der Waals surface area contributed by atoms with Gasteiger partial charge in [-0.3, -0.25) is 9.89 Å². The van der Waals surface area contributed by atoms with Crippen LogP contribution in [0.1, 0.15) is 66.4 Å². The molecule has 0 unspecified atom stereocenters. The lowest BCUT2D eigenvalue weighted by Gasteiger charge is -2.22. The van der Waals surface area contributed by atoms with Crippen LogP contribution < -0.4 is 0 Å². The van der Waals surface area contributed by atoms with Crippen molar-refractivity contribution in [1.82, 2.24) is 30.0 Å². The molecule has 1 atom stereocenters. The fourth-order valence-corrected chi connectivity index (χ4v) is 3.20. The second kappa shape index (κ2) is 6.67. The fraction of sp³-hybridized carbons (Fsp3) is 0.588. The van der Waals surface area contributed by atoms with Crippen molar-refractivity contribution in [3.63, 3.8) is 0 Å².